The molecule has 4 aliphatic rings. The Morgan fingerprint density at radius 3 is 2.62 bits per heavy atom. The van der Waals surface area contributed by atoms with Crippen molar-refractivity contribution < 1.29 is 13.2 Å². The van der Waals surface area contributed by atoms with E-state index in [-0.39, 0.29) is 23.3 Å². The molecule has 4 aromatic rings. The summed E-state index contributed by atoms with van der Waals surface area (Å²) in [6.07, 6.45) is 10.2. The number of rotatable bonds is 8. The van der Waals surface area contributed by atoms with Crippen molar-refractivity contribution in [3.8, 4) is 22.8 Å². The zero-order valence-electron chi connectivity index (χ0n) is 23.1. The molecule has 10 nitrogen and oxygen atoms in total. The lowest BCUT2D eigenvalue weighted by atomic mass is 9.50. The van der Waals surface area contributed by atoms with Crippen molar-refractivity contribution in [2.45, 2.75) is 44.7 Å². The van der Waals surface area contributed by atoms with Gasteiger partial charge in [-0.15, -0.1) is 0 Å². The lowest BCUT2D eigenvalue weighted by molar-refractivity contribution is 0.00181. The molecule has 4 aromatic heterocycles. The summed E-state index contributed by atoms with van der Waals surface area (Å²) in [4.78, 5) is 16.4. The summed E-state index contributed by atoms with van der Waals surface area (Å²) in [5, 5.41) is 9.43. The predicted octanol–water partition coefficient (Wildman–Crippen LogP) is 4.03. The van der Waals surface area contributed by atoms with E-state index in [9.17, 15) is 8.42 Å². The van der Waals surface area contributed by atoms with Crippen LogP contribution in [-0.4, -0.2) is 70.4 Å². The number of sulfone groups is 1. The Balaban J connectivity index is 1.30. The molecule has 0 amide bonds. The van der Waals surface area contributed by atoms with Crippen molar-refractivity contribution in [1.82, 2.24) is 24.7 Å². The summed E-state index contributed by atoms with van der Waals surface area (Å²) in [6, 6.07) is 8.09. The largest absolute Gasteiger partial charge is 0.496 e. The van der Waals surface area contributed by atoms with E-state index in [0.717, 1.165) is 45.3 Å². The second kappa shape index (κ2) is 8.89. The third kappa shape index (κ3) is 4.18. The van der Waals surface area contributed by atoms with Crippen LogP contribution >= 0.6 is 0 Å². The SMILES string of the molecule is COc1ccncc1-c1cc2c(cnn2-c2cc(N3C[C@H](CS(C)(=O)=O)[C@H]3C)cc(NC34CC(C3)C4)n2)c(C)n1. The summed E-state index contributed by atoms with van der Waals surface area (Å²) in [6.45, 7) is 4.77. The Bertz CT molecular complexity index is 1730. The topological polar surface area (TPSA) is 115 Å². The van der Waals surface area contributed by atoms with Crippen LogP contribution in [0.1, 0.15) is 31.9 Å². The fourth-order valence-corrected chi connectivity index (χ4v) is 7.77. The maximum absolute atomic E-state index is 11.9. The molecule has 3 aliphatic carbocycles. The summed E-state index contributed by atoms with van der Waals surface area (Å²) in [7, 11) is -1.39. The zero-order valence-corrected chi connectivity index (χ0v) is 23.9. The summed E-state index contributed by atoms with van der Waals surface area (Å²) in [5.74, 6) is 3.39. The van der Waals surface area contributed by atoms with Crippen LogP contribution < -0.4 is 15.0 Å². The number of nitrogens with zero attached hydrogens (tertiary/aromatic N) is 6. The highest BCUT2D eigenvalue weighted by atomic mass is 32.2. The van der Waals surface area contributed by atoms with Gasteiger partial charge in [0.05, 0.1) is 35.8 Å². The first-order valence-electron chi connectivity index (χ1n) is 13.7. The van der Waals surface area contributed by atoms with Crippen LogP contribution in [0.4, 0.5) is 11.5 Å². The molecule has 8 rings (SSSR count). The van der Waals surface area contributed by atoms with Gasteiger partial charge in [-0.05, 0) is 51.2 Å². The zero-order chi connectivity index (χ0) is 27.8. The molecule has 0 unspecified atom stereocenters. The minimum Gasteiger partial charge on any atom is -0.496 e. The molecular weight excluding hydrogens is 526 g/mol. The van der Waals surface area contributed by atoms with Crippen LogP contribution in [-0.2, 0) is 9.84 Å². The maximum Gasteiger partial charge on any atom is 0.158 e. The van der Waals surface area contributed by atoms with Gasteiger partial charge < -0.3 is 15.0 Å². The lowest BCUT2D eigenvalue weighted by Gasteiger charge is -2.62. The second-order valence-electron chi connectivity index (χ2n) is 11.9. The number of hydrogen-bond acceptors (Lipinski definition) is 9. The van der Waals surface area contributed by atoms with Crippen LogP contribution in [0.2, 0.25) is 0 Å². The van der Waals surface area contributed by atoms with Crippen LogP contribution in [0.15, 0.2) is 42.9 Å². The van der Waals surface area contributed by atoms with Gasteiger partial charge in [0.15, 0.2) is 5.82 Å². The number of pyridine rings is 3. The van der Waals surface area contributed by atoms with Gasteiger partial charge in [-0.3, -0.25) is 9.97 Å². The highest BCUT2D eigenvalue weighted by molar-refractivity contribution is 7.90. The normalized spacial score (nSPS) is 25.2. The van der Waals surface area contributed by atoms with Crippen LogP contribution in [0.5, 0.6) is 5.75 Å². The molecule has 0 spiro atoms. The first kappa shape index (κ1) is 25.3. The van der Waals surface area contributed by atoms with Crippen molar-refractivity contribution in [2.24, 2.45) is 11.8 Å². The second-order valence-corrected chi connectivity index (χ2v) is 14.0. The summed E-state index contributed by atoms with van der Waals surface area (Å²) >= 11 is 0. The van der Waals surface area contributed by atoms with Gasteiger partial charge in [0.25, 0.3) is 0 Å². The highest BCUT2D eigenvalue weighted by Gasteiger charge is 2.56. The monoisotopic (exact) mass is 559 g/mol. The molecule has 5 heterocycles. The van der Waals surface area contributed by atoms with Gasteiger partial charge in [-0.25, -0.2) is 18.1 Å². The van der Waals surface area contributed by atoms with Crippen LogP contribution in [0.25, 0.3) is 28.0 Å². The van der Waals surface area contributed by atoms with Crippen molar-refractivity contribution in [3.05, 3.63) is 48.5 Å². The molecule has 11 heteroatoms. The van der Waals surface area contributed by atoms with Gasteiger partial charge >= 0.3 is 0 Å². The first-order chi connectivity index (χ1) is 19.1. The Morgan fingerprint density at radius 1 is 1.15 bits per heavy atom. The number of nitrogens with one attached hydrogen (secondary N) is 1. The maximum atomic E-state index is 11.9. The number of aryl methyl sites for hydroxylation is 1. The Kier molecular flexibility index (Phi) is 5.61. The molecule has 3 saturated carbocycles. The van der Waals surface area contributed by atoms with Gasteiger partial charge in [-0.2, -0.15) is 5.10 Å². The van der Waals surface area contributed by atoms with Crippen LogP contribution in [0, 0.1) is 18.8 Å². The van der Waals surface area contributed by atoms with E-state index in [1.807, 2.05) is 36.0 Å². The van der Waals surface area contributed by atoms with E-state index in [0.29, 0.717) is 18.1 Å². The Morgan fingerprint density at radius 2 is 1.95 bits per heavy atom. The number of hydrogen-bond donors (Lipinski definition) is 1. The molecule has 0 aromatic carbocycles. The number of fused-ring (bicyclic) bond motifs is 1. The Hall–Kier alpha value is -3.73. The number of methoxy groups -OCH3 is 1. The molecule has 40 heavy (non-hydrogen) atoms. The molecule has 2 bridgehead atoms. The summed E-state index contributed by atoms with van der Waals surface area (Å²) < 4.78 is 31.3. The molecule has 0 radical (unpaired) electrons. The van der Waals surface area contributed by atoms with Crippen LogP contribution in [0.3, 0.4) is 0 Å². The number of ether oxygens (including phenoxy) is 1. The third-order valence-corrected chi connectivity index (χ3v) is 9.97. The fourth-order valence-electron chi connectivity index (χ4n) is 6.60. The van der Waals surface area contributed by atoms with Gasteiger partial charge in [0, 0.05) is 71.6 Å². The molecule has 1 aliphatic heterocycles. The molecular formula is C29H33N7O3S. The number of anilines is 2. The van der Waals surface area contributed by atoms with E-state index in [1.165, 1.54) is 25.5 Å². The summed E-state index contributed by atoms with van der Waals surface area (Å²) in [5.41, 5.74) is 4.47. The van der Waals surface area contributed by atoms with Crippen molar-refractivity contribution in [2.75, 3.05) is 35.9 Å². The quantitative estimate of drug-likeness (QED) is 0.342. The average Bonchev–Trinajstić information content (AvgIpc) is 3.31. The van der Waals surface area contributed by atoms with E-state index in [4.69, 9.17) is 19.8 Å². The van der Waals surface area contributed by atoms with Crippen molar-refractivity contribution in [3.63, 3.8) is 0 Å². The smallest absolute Gasteiger partial charge is 0.158 e. The van der Waals surface area contributed by atoms with E-state index < -0.39 is 9.84 Å². The molecule has 1 saturated heterocycles. The van der Waals surface area contributed by atoms with Crippen molar-refractivity contribution in [1.29, 1.82) is 0 Å². The van der Waals surface area contributed by atoms with Crippen molar-refractivity contribution >= 4 is 32.2 Å². The van der Waals surface area contributed by atoms with E-state index >= 15 is 0 Å². The van der Waals surface area contributed by atoms with E-state index in [1.54, 1.807) is 19.5 Å². The predicted molar refractivity (Wildman–Crippen MR) is 155 cm³/mol. The fraction of sp³-hybridized carbons (Fsp3) is 0.448. The number of aromatic nitrogens is 5. The minimum absolute atomic E-state index is 0.108. The molecule has 1 N–H and O–H groups in total. The van der Waals surface area contributed by atoms with Gasteiger partial charge in [0.1, 0.15) is 21.4 Å². The van der Waals surface area contributed by atoms with E-state index in [2.05, 4.69) is 28.2 Å². The van der Waals surface area contributed by atoms with Gasteiger partial charge in [-0.1, -0.05) is 0 Å². The third-order valence-electron chi connectivity index (χ3n) is 8.93. The molecule has 208 valence electrons. The van der Waals surface area contributed by atoms with Gasteiger partial charge in [0.2, 0.25) is 0 Å². The highest BCUT2D eigenvalue weighted by Crippen LogP contribution is 2.58. The Labute approximate surface area is 233 Å². The lowest BCUT2D eigenvalue weighted by Crippen LogP contribution is -2.63. The molecule has 2 atom stereocenters. The standard InChI is InChI=1S/C29H33N7O3S/c1-17-22-14-31-36(25(22)9-24(32-17)23-13-30-6-5-26(23)39-3)28-8-21(35-15-20(18(35)2)16-40(4,37)38)7-27(33-28)34-29-10-19(11-29)12-29/h5-9,13-14,18-20H,10-12,15-16H2,1-4H3,(H,33,34)/t18-,19?,20-,29?/m1/s1. The average molecular weight is 560 g/mol. The minimum atomic E-state index is -3.03. The molecule has 4 fully saturated rings. The first-order valence-corrected chi connectivity index (χ1v) is 15.8.